The lowest BCUT2D eigenvalue weighted by Crippen LogP contribution is -2.26. The highest BCUT2D eigenvalue weighted by Crippen LogP contribution is 2.23. The summed E-state index contributed by atoms with van der Waals surface area (Å²) in [6, 6.07) is 16.5. The quantitative estimate of drug-likeness (QED) is 0.921. The number of hydrogen-bond donors (Lipinski definition) is 1. The molecule has 1 N–H and O–H groups in total. The second kappa shape index (κ2) is 7.26. The Morgan fingerprint density at radius 2 is 1.87 bits per heavy atom. The summed E-state index contributed by atoms with van der Waals surface area (Å²) in [5, 5.41) is 12.3. The summed E-state index contributed by atoms with van der Waals surface area (Å²) in [4.78, 5) is 2.31. The Kier molecular flexibility index (Phi) is 4.89. The predicted molar refractivity (Wildman–Crippen MR) is 89.6 cm³/mol. The van der Waals surface area contributed by atoms with E-state index in [4.69, 9.17) is 5.26 Å². The van der Waals surface area contributed by atoms with Gasteiger partial charge < -0.3 is 10.2 Å². The highest BCUT2D eigenvalue weighted by molar-refractivity contribution is 5.47. The van der Waals surface area contributed by atoms with Gasteiger partial charge >= 0.3 is 0 Å². The molecule has 3 nitrogen and oxygen atoms in total. The van der Waals surface area contributed by atoms with Crippen molar-refractivity contribution in [1.29, 1.82) is 5.26 Å². The Hall–Kier alpha value is -2.38. The Morgan fingerprint density at radius 1 is 1.13 bits per heavy atom. The van der Waals surface area contributed by atoms with Gasteiger partial charge in [0.05, 0.1) is 11.6 Å². The van der Waals surface area contributed by atoms with Gasteiger partial charge in [0, 0.05) is 31.9 Å². The SMILES string of the molecule is N#Cc1ccc(CNCC2CCN(c3ccc(F)cc3)C2)cc1. The van der Waals surface area contributed by atoms with Crippen molar-refractivity contribution in [2.24, 2.45) is 5.92 Å². The monoisotopic (exact) mass is 309 g/mol. The fraction of sp³-hybridized carbons (Fsp3) is 0.316. The molecule has 118 valence electrons. The highest BCUT2D eigenvalue weighted by Gasteiger charge is 2.22. The maximum absolute atomic E-state index is 13.0. The van der Waals surface area contributed by atoms with Crippen LogP contribution in [0.3, 0.4) is 0 Å². The third kappa shape index (κ3) is 4.08. The predicted octanol–water partition coefficient (Wildman–Crippen LogP) is 3.31. The van der Waals surface area contributed by atoms with Crippen LogP contribution in [0.5, 0.6) is 0 Å². The number of anilines is 1. The van der Waals surface area contributed by atoms with Crippen LogP contribution < -0.4 is 10.2 Å². The summed E-state index contributed by atoms with van der Waals surface area (Å²) in [7, 11) is 0. The van der Waals surface area contributed by atoms with E-state index in [1.807, 2.05) is 36.4 Å². The Labute approximate surface area is 136 Å². The molecule has 0 spiro atoms. The number of nitrogens with one attached hydrogen (secondary N) is 1. The molecule has 1 heterocycles. The zero-order chi connectivity index (χ0) is 16.1. The van der Waals surface area contributed by atoms with Crippen LogP contribution in [0, 0.1) is 23.1 Å². The molecule has 0 bridgehead atoms. The van der Waals surface area contributed by atoms with E-state index in [1.54, 1.807) is 0 Å². The van der Waals surface area contributed by atoms with E-state index < -0.39 is 0 Å². The minimum Gasteiger partial charge on any atom is -0.371 e. The highest BCUT2D eigenvalue weighted by atomic mass is 19.1. The van der Waals surface area contributed by atoms with E-state index in [0.29, 0.717) is 11.5 Å². The largest absolute Gasteiger partial charge is 0.371 e. The maximum Gasteiger partial charge on any atom is 0.123 e. The molecule has 1 atom stereocenters. The van der Waals surface area contributed by atoms with Crippen molar-refractivity contribution in [2.45, 2.75) is 13.0 Å². The zero-order valence-corrected chi connectivity index (χ0v) is 13.0. The molecule has 1 fully saturated rings. The molecule has 1 aliphatic rings. The fourth-order valence-corrected chi connectivity index (χ4v) is 3.00. The molecule has 23 heavy (non-hydrogen) atoms. The number of nitrogens with zero attached hydrogens (tertiary/aromatic N) is 2. The van der Waals surface area contributed by atoms with Gasteiger partial charge in [-0.1, -0.05) is 12.1 Å². The third-order valence-corrected chi connectivity index (χ3v) is 4.32. The van der Waals surface area contributed by atoms with Crippen LogP contribution in [-0.2, 0) is 6.54 Å². The van der Waals surface area contributed by atoms with Crippen molar-refractivity contribution in [3.05, 3.63) is 65.5 Å². The van der Waals surface area contributed by atoms with E-state index >= 15 is 0 Å². The molecule has 4 heteroatoms. The average molecular weight is 309 g/mol. The van der Waals surface area contributed by atoms with Crippen LogP contribution in [0.2, 0.25) is 0 Å². The number of rotatable bonds is 5. The van der Waals surface area contributed by atoms with Crippen molar-refractivity contribution >= 4 is 5.69 Å². The van der Waals surface area contributed by atoms with Crippen molar-refractivity contribution in [2.75, 3.05) is 24.5 Å². The number of hydrogen-bond acceptors (Lipinski definition) is 3. The van der Waals surface area contributed by atoms with Gasteiger partial charge in [-0.05, 0) is 54.3 Å². The van der Waals surface area contributed by atoms with E-state index in [-0.39, 0.29) is 5.82 Å². The molecule has 1 aliphatic heterocycles. The summed E-state index contributed by atoms with van der Waals surface area (Å²) in [6.45, 7) is 3.82. The first-order valence-electron chi connectivity index (χ1n) is 7.95. The van der Waals surface area contributed by atoms with Gasteiger partial charge in [0.25, 0.3) is 0 Å². The Bertz CT molecular complexity index is 673. The minimum absolute atomic E-state index is 0.186. The Morgan fingerprint density at radius 3 is 2.57 bits per heavy atom. The minimum atomic E-state index is -0.186. The van der Waals surface area contributed by atoms with E-state index in [1.165, 1.54) is 17.7 Å². The van der Waals surface area contributed by atoms with Crippen molar-refractivity contribution < 1.29 is 4.39 Å². The first kappa shape index (κ1) is 15.5. The summed E-state index contributed by atoms with van der Waals surface area (Å²) < 4.78 is 13.0. The molecule has 0 radical (unpaired) electrons. The number of halogens is 1. The van der Waals surface area contributed by atoms with Gasteiger partial charge in [-0.25, -0.2) is 4.39 Å². The molecule has 1 saturated heterocycles. The molecule has 0 aliphatic carbocycles. The van der Waals surface area contributed by atoms with Crippen molar-refractivity contribution in [3.8, 4) is 6.07 Å². The molecule has 0 saturated carbocycles. The van der Waals surface area contributed by atoms with Crippen LogP contribution in [0.4, 0.5) is 10.1 Å². The number of benzene rings is 2. The first-order chi connectivity index (χ1) is 11.2. The molecule has 2 aromatic rings. The first-order valence-corrected chi connectivity index (χ1v) is 7.95. The summed E-state index contributed by atoms with van der Waals surface area (Å²) in [5.74, 6) is 0.423. The van der Waals surface area contributed by atoms with Gasteiger partial charge in [0.1, 0.15) is 5.82 Å². The third-order valence-electron chi connectivity index (χ3n) is 4.32. The van der Waals surface area contributed by atoms with E-state index in [9.17, 15) is 4.39 Å². The van der Waals surface area contributed by atoms with Crippen LogP contribution in [0.1, 0.15) is 17.5 Å². The fourth-order valence-electron chi connectivity index (χ4n) is 3.00. The lowest BCUT2D eigenvalue weighted by atomic mass is 10.1. The second-order valence-electron chi connectivity index (χ2n) is 6.02. The molecule has 1 unspecified atom stereocenters. The summed E-state index contributed by atoms with van der Waals surface area (Å²) in [5.41, 5.74) is 2.98. The van der Waals surface area contributed by atoms with Gasteiger partial charge in [-0.2, -0.15) is 5.26 Å². The van der Waals surface area contributed by atoms with Crippen LogP contribution in [-0.4, -0.2) is 19.6 Å². The molecular weight excluding hydrogens is 289 g/mol. The summed E-state index contributed by atoms with van der Waals surface area (Å²) >= 11 is 0. The average Bonchev–Trinajstić information content (AvgIpc) is 3.05. The molecule has 0 aromatic heterocycles. The standard InChI is InChI=1S/C19H20FN3/c20-18-5-7-19(8-6-18)23-10-9-17(14-23)13-22-12-16-3-1-15(11-21)2-4-16/h1-8,17,22H,9-10,12-14H2. The topological polar surface area (TPSA) is 39.1 Å². The van der Waals surface area contributed by atoms with Gasteiger partial charge in [0.2, 0.25) is 0 Å². The lowest BCUT2D eigenvalue weighted by Gasteiger charge is -2.19. The zero-order valence-electron chi connectivity index (χ0n) is 13.0. The lowest BCUT2D eigenvalue weighted by molar-refractivity contribution is 0.516. The van der Waals surface area contributed by atoms with E-state index in [0.717, 1.165) is 38.3 Å². The van der Waals surface area contributed by atoms with Gasteiger partial charge in [0.15, 0.2) is 0 Å². The second-order valence-corrected chi connectivity index (χ2v) is 6.02. The van der Waals surface area contributed by atoms with Crippen LogP contribution in [0.25, 0.3) is 0 Å². The van der Waals surface area contributed by atoms with Crippen LogP contribution >= 0.6 is 0 Å². The number of nitriles is 1. The van der Waals surface area contributed by atoms with Crippen LogP contribution in [0.15, 0.2) is 48.5 Å². The maximum atomic E-state index is 13.0. The summed E-state index contributed by atoms with van der Waals surface area (Å²) in [6.07, 6.45) is 1.15. The normalized spacial score (nSPS) is 17.2. The molecule has 3 rings (SSSR count). The molecule has 2 aromatic carbocycles. The van der Waals surface area contributed by atoms with Gasteiger partial charge in [-0.3, -0.25) is 0 Å². The smallest absolute Gasteiger partial charge is 0.123 e. The van der Waals surface area contributed by atoms with E-state index in [2.05, 4.69) is 16.3 Å². The van der Waals surface area contributed by atoms with Gasteiger partial charge in [-0.15, -0.1) is 0 Å². The molecule has 0 amide bonds. The van der Waals surface area contributed by atoms with Crippen molar-refractivity contribution in [3.63, 3.8) is 0 Å². The molecular formula is C19H20FN3. The Balaban J connectivity index is 1.45. The van der Waals surface area contributed by atoms with Crippen molar-refractivity contribution in [1.82, 2.24) is 5.32 Å².